The molecule has 1 saturated carbocycles. The number of sulfonamides is 1. The fraction of sp³-hybridized carbons (Fsp3) is 0.435. The fourth-order valence-corrected chi connectivity index (χ4v) is 7.01. The summed E-state index contributed by atoms with van der Waals surface area (Å²) in [4.78, 5) is 14.1. The highest BCUT2D eigenvalue weighted by molar-refractivity contribution is 8.00. The predicted octanol–water partition coefficient (Wildman–Crippen LogP) is 4.90. The van der Waals surface area contributed by atoms with Crippen LogP contribution < -0.4 is 5.32 Å². The molecule has 31 heavy (non-hydrogen) atoms. The van der Waals surface area contributed by atoms with Gasteiger partial charge < -0.3 is 5.32 Å². The van der Waals surface area contributed by atoms with Gasteiger partial charge in [0.05, 0.1) is 10.6 Å². The molecule has 0 atom stereocenters. The first kappa shape index (κ1) is 22.3. The molecule has 0 bridgehead atoms. The molecule has 4 rings (SSSR count). The number of nitrogens with one attached hydrogen (secondary N) is 1. The highest BCUT2D eigenvalue weighted by Gasteiger charge is 2.32. The van der Waals surface area contributed by atoms with Gasteiger partial charge in [-0.15, -0.1) is 11.8 Å². The van der Waals surface area contributed by atoms with E-state index in [1.54, 1.807) is 0 Å². The van der Waals surface area contributed by atoms with E-state index in [4.69, 9.17) is 0 Å². The van der Waals surface area contributed by atoms with E-state index >= 15 is 0 Å². The zero-order valence-electron chi connectivity index (χ0n) is 17.3. The number of rotatable bonds is 6. The van der Waals surface area contributed by atoms with Crippen molar-refractivity contribution < 1.29 is 17.6 Å². The zero-order valence-corrected chi connectivity index (χ0v) is 18.9. The molecule has 1 N–H and O–H groups in total. The average molecular weight is 463 g/mol. The van der Waals surface area contributed by atoms with Gasteiger partial charge in [0.2, 0.25) is 15.9 Å². The van der Waals surface area contributed by atoms with Gasteiger partial charge in [-0.2, -0.15) is 4.31 Å². The van der Waals surface area contributed by atoms with E-state index in [-0.39, 0.29) is 29.8 Å². The van der Waals surface area contributed by atoms with E-state index in [1.165, 1.54) is 42.1 Å². The van der Waals surface area contributed by atoms with Gasteiger partial charge in [-0.3, -0.25) is 4.79 Å². The van der Waals surface area contributed by atoms with Gasteiger partial charge in [-0.05, 0) is 62.1 Å². The van der Waals surface area contributed by atoms with Crippen molar-refractivity contribution in [2.75, 3.05) is 18.4 Å². The SMILES string of the molecule is O=C(Nc1ccccc1SC1CCCC1)C1CCN(S(=O)(=O)c2ccc(F)cc2)CC1. The smallest absolute Gasteiger partial charge is 0.243 e. The Labute approximate surface area is 187 Å². The third kappa shape index (κ3) is 5.30. The van der Waals surface area contributed by atoms with Crippen LogP contribution in [0.5, 0.6) is 0 Å². The second-order valence-electron chi connectivity index (χ2n) is 8.14. The number of carbonyl (C=O) groups is 1. The van der Waals surface area contributed by atoms with Gasteiger partial charge in [0.15, 0.2) is 0 Å². The number of halogens is 1. The molecule has 0 radical (unpaired) electrons. The minimum atomic E-state index is -3.68. The molecule has 1 aliphatic heterocycles. The van der Waals surface area contributed by atoms with Crippen LogP contribution in [0, 0.1) is 11.7 Å². The highest BCUT2D eigenvalue weighted by atomic mass is 32.2. The van der Waals surface area contributed by atoms with E-state index in [0.717, 1.165) is 22.7 Å². The summed E-state index contributed by atoms with van der Waals surface area (Å²) in [5, 5.41) is 3.69. The van der Waals surface area contributed by atoms with E-state index in [2.05, 4.69) is 11.4 Å². The summed E-state index contributed by atoms with van der Waals surface area (Å²) >= 11 is 1.84. The summed E-state index contributed by atoms with van der Waals surface area (Å²) in [6.45, 7) is 0.548. The standard InChI is InChI=1S/C23H27FN2O3S2/c24-18-9-11-20(12-10-18)31(28,29)26-15-13-17(14-16-26)23(27)25-21-7-3-4-8-22(21)30-19-5-1-2-6-19/h3-4,7-12,17,19H,1-2,5-6,13-16H2,(H,25,27). The van der Waals surface area contributed by atoms with Crippen molar-refractivity contribution in [2.24, 2.45) is 5.92 Å². The van der Waals surface area contributed by atoms with Crippen LogP contribution in [0.4, 0.5) is 10.1 Å². The van der Waals surface area contributed by atoms with Gasteiger partial charge in [0, 0.05) is 29.2 Å². The van der Waals surface area contributed by atoms with Gasteiger partial charge in [-0.25, -0.2) is 12.8 Å². The van der Waals surface area contributed by atoms with Crippen LogP contribution in [0.1, 0.15) is 38.5 Å². The average Bonchev–Trinajstić information content (AvgIpc) is 3.29. The molecule has 1 saturated heterocycles. The van der Waals surface area contributed by atoms with Crippen LogP contribution in [-0.4, -0.2) is 37.0 Å². The molecule has 1 aliphatic carbocycles. The fourth-order valence-electron chi connectivity index (χ4n) is 4.21. The summed E-state index contributed by atoms with van der Waals surface area (Å²) in [7, 11) is -3.68. The summed E-state index contributed by atoms with van der Waals surface area (Å²) in [6, 6.07) is 12.8. The lowest BCUT2D eigenvalue weighted by atomic mass is 9.97. The number of thioether (sulfide) groups is 1. The van der Waals surface area contributed by atoms with Crippen molar-refractivity contribution in [1.29, 1.82) is 0 Å². The number of nitrogens with zero attached hydrogens (tertiary/aromatic N) is 1. The van der Waals surface area contributed by atoms with E-state index < -0.39 is 15.8 Å². The molecule has 166 valence electrons. The molecule has 8 heteroatoms. The maximum Gasteiger partial charge on any atom is 0.243 e. The first-order chi connectivity index (χ1) is 14.9. The Hall–Kier alpha value is -1.90. The molecular formula is C23H27FN2O3S2. The first-order valence-corrected chi connectivity index (χ1v) is 13.1. The lowest BCUT2D eigenvalue weighted by Gasteiger charge is -2.30. The van der Waals surface area contributed by atoms with Gasteiger partial charge in [0.25, 0.3) is 0 Å². The van der Waals surface area contributed by atoms with Crippen LogP contribution in [0.3, 0.4) is 0 Å². The molecule has 1 amide bonds. The Morgan fingerprint density at radius 1 is 0.968 bits per heavy atom. The number of benzene rings is 2. The number of para-hydroxylation sites is 1. The second kappa shape index (κ2) is 9.71. The number of amides is 1. The van der Waals surface area contributed by atoms with Crippen LogP contribution >= 0.6 is 11.8 Å². The number of hydrogen-bond acceptors (Lipinski definition) is 4. The molecule has 0 spiro atoms. The van der Waals surface area contributed by atoms with E-state index in [1.807, 2.05) is 30.0 Å². The Bertz CT molecular complexity index is 1010. The largest absolute Gasteiger partial charge is 0.325 e. The summed E-state index contributed by atoms with van der Waals surface area (Å²) in [5.74, 6) is -0.761. The minimum absolute atomic E-state index is 0.0571. The molecule has 1 heterocycles. The van der Waals surface area contributed by atoms with Crippen molar-refractivity contribution in [1.82, 2.24) is 4.31 Å². The Kier molecular flexibility index (Phi) is 6.99. The molecule has 2 aromatic carbocycles. The van der Waals surface area contributed by atoms with Crippen molar-refractivity contribution in [3.8, 4) is 0 Å². The molecule has 2 aromatic rings. The minimum Gasteiger partial charge on any atom is -0.325 e. The molecule has 2 fully saturated rings. The quantitative estimate of drug-likeness (QED) is 0.663. The van der Waals surface area contributed by atoms with Gasteiger partial charge in [-0.1, -0.05) is 25.0 Å². The van der Waals surface area contributed by atoms with Crippen LogP contribution in [0.25, 0.3) is 0 Å². The second-order valence-corrected chi connectivity index (χ2v) is 11.4. The molecule has 0 aromatic heterocycles. The van der Waals surface area contributed by atoms with Gasteiger partial charge in [0.1, 0.15) is 5.82 Å². The third-order valence-corrected chi connectivity index (χ3v) is 9.34. The lowest BCUT2D eigenvalue weighted by molar-refractivity contribution is -0.120. The Morgan fingerprint density at radius 3 is 2.29 bits per heavy atom. The third-order valence-electron chi connectivity index (χ3n) is 6.02. The number of piperidine rings is 1. The summed E-state index contributed by atoms with van der Waals surface area (Å²) in [6.07, 6.45) is 5.90. The van der Waals surface area contributed by atoms with E-state index in [0.29, 0.717) is 18.1 Å². The topological polar surface area (TPSA) is 66.5 Å². The summed E-state index contributed by atoms with van der Waals surface area (Å²) < 4.78 is 40.1. The highest BCUT2D eigenvalue weighted by Crippen LogP contribution is 2.38. The number of hydrogen-bond donors (Lipinski definition) is 1. The number of carbonyl (C=O) groups excluding carboxylic acids is 1. The maximum atomic E-state index is 13.1. The van der Waals surface area contributed by atoms with E-state index in [9.17, 15) is 17.6 Å². The lowest BCUT2D eigenvalue weighted by Crippen LogP contribution is -2.41. The molecule has 5 nitrogen and oxygen atoms in total. The van der Waals surface area contributed by atoms with Crippen LogP contribution in [-0.2, 0) is 14.8 Å². The monoisotopic (exact) mass is 462 g/mol. The normalized spacial score (nSPS) is 18.9. The Morgan fingerprint density at radius 2 is 1.61 bits per heavy atom. The molecule has 2 aliphatic rings. The molecular weight excluding hydrogens is 435 g/mol. The van der Waals surface area contributed by atoms with Crippen LogP contribution in [0.15, 0.2) is 58.3 Å². The van der Waals surface area contributed by atoms with Crippen LogP contribution in [0.2, 0.25) is 0 Å². The van der Waals surface area contributed by atoms with Crippen molar-refractivity contribution >= 4 is 33.4 Å². The van der Waals surface area contributed by atoms with Crippen molar-refractivity contribution in [3.05, 3.63) is 54.3 Å². The Balaban J connectivity index is 1.36. The number of anilines is 1. The predicted molar refractivity (Wildman–Crippen MR) is 121 cm³/mol. The maximum absolute atomic E-state index is 13.1. The first-order valence-electron chi connectivity index (χ1n) is 10.8. The zero-order chi connectivity index (χ0) is 21.8. The van der Waals surface area contributed by atoms with Gasteiger partial charge >= 0.3 is 0 Å². The van der Waals surface area contributed by atoms with Crippen molar-refractivity contribution in [2.45, 2.75) is 53.6 Å². The summed E-state index contributed by atoms with van der Waals surface area (Å²) in [5.41, 5.74) is 0.839. The molecule has 0 unspecified atom stereocenters. The van der Waals surface area contributed by atoms with Crippen molar-refractivity contribution in [3.63, 3.8) is 0 Å².